The van der Waals surface area contributed by atoms with Crippen LogP contribution in [0.2, 0.25) is 0 Å². The van der Waals surface area contributed by atoms with Crippen molar-refractivity contribution < 1.29 is 4.74 Å². The zero-order valence-corrected chi connectivity index (χ0v) is 8.21. The average molecular weight is 186 g/mol. The summed E-state index contributed by atoms with van der Waals surface area (Å²) in [7, 11) is 1.62. The molecule has 0 bridgehead atoms. The normalized spacial score (nSPS) is 15.7. The summed E-state index contributed by atoms with van der Waals surface area (Å²) in [6, 6.07) is 7.93. The van der Waals surface area contributed by atoms with Gasteiger partial charge in [-0.25, -0.2) is 0 Å². The van der Waals surface area contributed by atoms with Crippen molar-refractivity contribution in [3.63, 3.8) is 0 Å². The van der Waals surface area contributed by atoms with Crippen LogP contribution in [0.3, 0.4) is 0 Å². The first kappa shape index (κ1) is 9.08. The van der Waals surface area contributed by atoms with Crippen molar-refractivity contribution in [2.45, 2.75) is 19.3 Å². The highest BCUT2D eigenvalue weighted by molar-refractivity contribution is 5.50. The van der Waals surface area contributed by atoms with Gasteiger partial charge in [0.25, 0.3) is 0 Å². The molecular weight excluding hydrogens is 174 g/mol. The van der Waals surface area contributed by atoms with E-state index in [1.807, 2.05) is 12.1 Å². The van der Waals surface area contributed by atoms with Crippen molar-refractivity contribution in [3.8, 4) is 11.8 Å². The van der Waals surface area contributed by atoms with Crippen LogP contribution < -0.4 is 4.74 Å². The molecule has 71 valence electrons. The van der Waals surface area contributed by atoms with E-state index in [0.717, 1.165) is 29.7 Å². The van der Waals surface area contributed by atoms with Crippen LogP contribution in [0.15, 0.2) is 18.2 Å². The van der Waals surface area contributed by atoms with E-state index in [4.69, 9.17) is 10.00 Å². The van der Waals surface area contributed by atoms with Gasteiger partial charge in [-0.2, -0.15) is 5.26 Å². The minimum absolute atomic E-state index is 0.735. The van der Waals surface area contributed by atoms with E-state index in [1.165, 1.54) is 12.3 Å². The second kappa shape index (κ2) is 3.71. The minimum Gasteiger partial charge on any atom is -0.497 e. The van der Waals surface area contributed by atoms with Crippen LogP contribution in [0.1, 0.15) is 30.4 Å². The van der Waals surface area contributed by atoms with Crippen molar-refractivity contribution >= 4 is 0 Å². The standard InChI is InChI=1S/C12H12NO/c1-14-11-5-6-12(9-3-2-4-9)10(7-11)8-13/h5-7H,2-4H2,1H3. The molecule has 1 fully saturated rings. The summed E-state index contributed by atoms with van der Waals surface area (Å²) in [4.78, 5) is 0. The molecule has 0 unspecified atom stereocenters. The molecule has 1 aromatic carbocycles. The zero-order valence-electron chi connectivity index (χ0n) is 8.21. The topological polar surface area (TPSA) is 33.0 Å². The van der Waals surface area contributed by atoms with Gasteiger partial charge in [-0.15, -0.1) is 0 Å². The predicted octanol–water partition coefficient (Wildman–Crippen LogP) is 2.67. The van der Waals surface area contributed by atoms with Crippen molar-refractivity contribution in [3.05, 3.63) is 35.2 Å². The second-order valence-electron chi connectivity index (χ2n) is 3.48. The summed E-state index contributed by atoms with van der Waals surface area (Å²) in [5, 5.41) is 8.99. The Morgan fingerprint density at radius 2 is 2.14 bits per heavy atom. The molecule has 1 aliphatic rings. The fourth-order valence-electron chi connectivity index (χ4n) is 1.67. The van der Waals surface area contributed by atoms with E-state index < -0.39 is 0 Å². The number of nitriles is 1. The van der Waals surface area contributed by atoms with Crippen LogP contribution >= 0.6 is 0 Å². The third kappa shape index (κ3) is 1.46. The van der Waals surface area contributed by atoms with Gasteiger partial charge in [0, 0.05) is 5.92 Å². The van der Waals surface area contributed by atoms with Crippen LogP contribution in [0.5, 0.6) is 5.75 Å². The Labute approximate surface area is 84.1 Å². The van der Waals surface area contributed by atoms with E-state index in [9.17, 15) is 0 Å². The maximum Gasteiger partial charge on any atom is 0.120 e. The van der Waals surface area contributed by atoms with Gasteiger partial charge >= 0.3 is 0 Å². The Hall–Kier alpha value is -1.49. The van der Waals surface area contributed by atoms with Gasteiger partial charge in [0.1, 0.15) is 5.75 Å². The fraction of sp³-hybridized carbons (Fsp3) is 0.333. The highest BCUT2D eigenvalue weighted by Gasteiger charge is 2.22. The molecule has 0 amide bonds. The molecule has 0 saturated heterocycles. The Balaban J connectivity index is 2.35. The first-order valence-electron chi connectivity index (χ1n) is 4.78. The van der Waals surface area contributed by atoms with Gasteiger partial charge < -0.3 is 4.74 Å². The molecule has 2 rings (SSSR count). The molecule has 0 aromatic heterocycles. The molecule has 0 aliphatic heterocycles. The van der Waals surface area contributed by atoms with E-state index in [-0.39, 0.29) is 0 Å². The van der Waals surface area contributed by atoms with Gasteiger partial charge in [0.05, 0.1) is 18.7 Å². The first-order valence-corrected chi connectivity index (χ1v) is 4.78. The van der Waals surface area contributed by atoms with Gasteiger partial charge in [-0.3, -0.25) is 0 Å². The molecule has 2 nitrogen and oxygen atoms in total. The van der Waals surface area contributed by atoms with Crippen LogP contribution in [-0.4, -0.2) is 7.11 Å². The lowest BCUT2D eigenvalue weighted by molar-refractivity contribution is 0.414. The summed E-state index contributed by atoms with van der Waals surface area (Å²) in [5.74, 6) is 2.16. The van der Waals surface area contributed by atoms with Crippen LogP contribution in [-0.2, 0) is 0 Å². The molecule has 2 heteroatoms. The first-order chi connectivity index (χ1) is 6.85. The SMILES string of the molecule is COc1ccc([C]2CCC2)c(C#N)c1. The number of methoxy groups -OCH3 is 1. The smallest absolute Gasteiger partial charge is 0.120 e. The lowest BCUT2D eigenvalue weighted by Gasteiger charge is -2.25. The molecule has 1 saturated carbocycles. The molecule has 0 N–H and O–H groups in total. The lowest BCUT2D eigenvalue weighted by Crippen LogP contribution is -2.11. The van der Waals surface area contributed by atoms with Crippen LogP contribution in [0, 0.1) is 17.2 Å². The summed E-state index contributed by atoms with van der Waals surface area (Å²) >= 11 is 0. The lowest BCUT2D eigenvalue weighted by atomic mass is 9.78. The second-order valence-corrected chi connectivity index (χ2v) is 3.48. The third-order valence-electron chi connectivity index (χ3n) is 2.69. The third-order valence-corrected chi connectivity index (χ3v) is 2.69. The molecule has 0 heterocycles. The maximum absolute atomic E-state index is 8.99. The summed E-state index contributed by atoms with van der Waals surface area (Å²) in [6.45, 7) is 0. The van der Waals surface area contributed by atoms with Crippen molar-refractivity contribution in [1.82, 2.24) is 0 Å². The Morgan fingerprint density at radius 3 is 2.64 bits per heavy atom. The van der Waals surface area contributed by atoms with Gasteiger partial charge in [-0.1, -0.05) is 12.5 Å². The molecule has 1 radical (unpaired) electrons. The van der Waals surface area contributed by atoms with Crippen molar-refractivity contribution in [2.24, 2.45) is 0 Å². The molecule has 14 heavy (non-hydrogen) atoms. The van der Waals surface area contributed by atoms with Gasteiger partial charge in [-0.05, 0) is 30.5 Å². The predicted molar refractivity (Wildman–Crippen MR) is 53.9 cm³/mol. The monoisotopic (exact) mass is 186 g/mol. The van der Waals surface area contributed by atoms with Gasteiger partial charge in [0.15, 0.2) is 0 Å². The van der Waals surface area contributed by atoms with E-state index in [0.29, 0.717) is 0 Å². The summed E-state index contributed by atoms with van der Waals surface area (Å²) in [6.07, 6.45) is 3.54. The molecule has 0 spiro atoms. The summed E-state index contributed by atoms with van der Waals surface area (Å²) < 4.78 is 5.08. The van der Waals surface area contributed by atoms with E-state index in [1.54, 1.807) is 13.2 Å². The van der Waals surface area contributed by atoms with Crippen molar-refractivity contribution in [2.75, 3.05) is 7.11 Å². The van der Waals surface area contributed by atoms with E-state index >= 15 is 0 Å². The zero-order chi connectivity index (χ0) is 9.97. The number of hydrogen-bond donors (Lipinski definition) is 0. The largest absolute Gasteiger partial charge is 0.497 e. The van der Waals surface area contributed by atoms with Crippen molar-refractivity contribution in [1.29, 1.82) is 5.26 Å². The molecule has 1 aromatic rings. The fourth-order valence-corrected chi connectivity index (χ4v) is 1.67. The van der Waals surface area contributed by atoms with Gasteiger partial charge in [0.2, 0.25) is 0 Å². The molecular formula is C12H12NO. The van der Waals surface area contributed by atoms with Crippen LogP contribution in [0.25, 0.3) is 0 Å². The number of ether oxygens (including phenoxy) is 1. The quantitative estimate of drug-likeness (QED) is 0.711. The number of benzene rings is 1. The minimum atomic E-state index is 0.735. The number of rotatable bonds is 2. The Kier molecular flexibility index (Phi) is 2.41. The summed E-state index contributed by atoms with van der Waals surface area (Å²) in [5.41, 5.74) is 1.85. The van der Waals surface area contributed by atoms with Crippen LogP contribution in [0.4, 0.5) is 0 Å². The number of nitrogens with zero attached hydrogens (tertiary/aromatic N) is 1. The maximum atomic E-state index is 8.99. The molecule has 0 atom stereocenters. The average Bonchev–Trinajstić information content (AvgIpc) is 2.16. The Morgan fingerprint density at radius 1 is 1.36 bits per heavy atom. The molecule has 1 aliphatic carbocycles. The highest BCUT2D eigenvalue weighted by Crippen LogP contribution is 2.37. The highest BCUT2D eigenvalue weighted by atomic mass is 16.5. The Bertz CT molecular complexity index is 374. The van der Waals surface area contributed by atoms with E-state index in [2.05, 4.69) is 6.07 Å². The number of hydrogen-bond acceptors (Lipinski definition) is 2.